The van der Waals surface area contributed by atoms with Crippen LogP contribution in [0.15, 0.2) is 36.4 Å². The third-order valence-corrected chi connectivity index (χ3v) is 5.59. The van der Waals surface area contributed by atoms with Crippen molar-refractivity contribution in [1.82, 2.24) is 24.4 Å². The fourth-order valence-corrected chi connectivity index (χ4v) is 3.56. The molecule has 152 valence electrons. The van der Waals surface area contributed by atoms with Crippen molar-refractivity contribution in [2.45, 2.75) is 20.8 Å². The molecule has 4 rings (SSSR count). The van der Waals surface area contributed by atoms with Gasteiger partial charge in [0.2, 0.25) is 5.13 Å². The Morgan fingerprint density at radius 3 is 2.67 bits per heavy atom. The summed E-state index contributed by atoms with van der Waals surface area (Å²) in [7, 11) is 0. The van der Waals surface area contributed by atoms with Crippen molar-refractivity contribution in [2.75, 3.05) is 5.32 Å². The van der Waals surface area contributed by atoms with E-state index in [2.05, 4.69) is 25.0 Å². The zero-order valence-corrected chi connectivity index (χ0v) is 17.8. The van der Waals surface area contributed by atoms with E-state index in [4.69, 9.17) is 11.6 Å². The first-order valence-corrected chi connectivity index (χ1v) is 10.1. The van der Waals surface area contributed by atoms with Crippen LogP contribution in [0.1, 0.15) is 27.2 Å². The molecule has 2 aromatic heterocycles. The Hall–Kier alpha value is -3.17. The van der Waals surface area contributed by atoms with Crippen LogP contribution in [-0.2, 0) is 0 Å². The molecule has 1 N–H and O–H groups in total. The van der Waals surface area contributed by atoms with Crippen LogP contribution in [-0.4, -0.2) is 30.3 Å². The molecule has 0 atom stereocenters. The van der Waals surface area contributed by atoms with Crippen LogP contribution >= 0.6 is 23.1 Å². The molecular weight excluding hydrogens is 427 g/mol. The molecule has 2 heterocycles. The predicted octanol–water partition coefficient (Wildman–Crippen LogP) is 4.76. The van der Waals surface area contributed by atoms with Crippen molar-refractivity contribution in [2.24, 2.45) is 0 Å². The number of halogens is 2. The SMILES string of the molecule is Cc1ccc(C(=O)Nc2nc(-c3nnn(-c4ccc(F)c(Cl)c4)c3C)ns2)cc1C. The van der Waals surface area contributed by atoms with Crippen LogP contribution in [0.2, 0.25) is 5.02 Å². The molecule has 0 bridgehead atoms. The summed E-state index contributed by atoms with van der Waals surface area (Å²) in [6.45, 7) is 5.74. The van der Waals surface area contributed by atoms with Gasteiger partial charge in [-0.3, -0.25) is 10.1 Å². The molecule has 0 radical (unpaired) electrons. The van der Waals surface area contributed by atoms with Gasteiger partial charge in [0.05, 0.1) is 16.4 Å². The van der Waals surface area contributed by atoms with E-state index in [0.29, 0.717) is 33.6 Å². The first-order valence-electron chi connectivity index (χ1n) is 8.94. The van der Waals surface area contributed by atoms with Crippen molar-refractivity contribution < 1.29 is 9.18 Å². The number of hydrogen-bond acceptors (Lipinski definition) is 6. The number of anilines is 1. The molecule has 0 spiro atoms. The Labute approximate surface area is 180 Å². The summed E-state index contributed by atoms with van der Waals surface area (Å²) in [5.41, 5.74) is 4.38. The highest BCUT2D eigenvalue weighted by Crippen LogP contribution is 2.25. The summed E-state index contributed by atoms with van der Waals surface area (Å²) >= 11 is 6.91. The van der Waals surface area contributed by atoms with Crippen LogP contribution < -0.4 is 5.32 Å². The minimum Gasteiger partial charge on any atom is -0.297 e. The van der Waals surface area contributed by atoms with E-state index in [1.165, 1.54) is 16.8 Å². The third-order valence-electron chi connectivity index (χ3n) is 4.67. The molecule has 7 nitrogen and oxygen atoms in total. The normalized spacial score (nSPS) is 11.0. The monoisotopic (exact) mass is 442 g/mol. The van der Waals surface area contributed by atoms with E-state index in [-0.39, 0.29) is 10.9 Å². The van der Waals surface area contributed by atoms with Gasteiger partial charge >= 0.3 is 0 Å². The van der Waals surface area contributed by atoms with E-state index in [9.17, 15) is 9.18 Å². The summed E-state index contributed by atoms with van der Waals surface area (Å²) in [5, 5.41) is 11.3. The first kappa shape index (κ1) is 20.1. The Morgan fingerprint density at radius 2 is 1.93 bits per heavy atom. The molecule has 0 aliphatic heterocycles. The Bertz CT molecular complexity index is 1270. The summed E-state index contributed by atoms with van der Waals surface area (Å²) in [5.74, 6) is -0.432. The van der Waals surface area contributed by atoms with E-state index < -0.39 is 5.82 Å². The molecule has 0 aliphatic carbocycles. The number of nitrogens with one attached hydrogen (secondary N) is 1. The summed E-state index contributed by atoms with van der Waals surface area (Å²) in [6, 6.07) is 9.78. The van der Waals surface area contributed by atoms with Crippen LogP contribution in [0, 0.1) is 26.6 Å². The van der Waals surface area contributed by atoms with E-state index in [0.717, 1.165) is 22.7 Å². The van der Waals surface area contributed by atoms with Crippen molar-refractivity contribution in [3.8, 4) is 17.2 Å². The lowest BCUT2D eigenvalue weighted by Crippen LogP contribution is -2.12. The van der Waals surface area contributed by atoms with Gasteiger partial charge in [0.15, 0.2) is 11.5 Å². The maximum Gasteiger partial charge on any atom is 0.257 e. The molecule has 0 saturated carbocycles. The highest BCUT2D eigenvalue weighted by Gasteiger charge is 2.18. The highest BCUT2D eigenvalue weighted by molar-refractivity contribution is 7.10. The van der Waals surface area contributed by atoms with E-state index in [1.807, 2.05) is 26.0 Å². The Balaban J connectivity index is 1.57. The first-order chi connectivity index (χ1) is 14.3. The predicted molar refractivity (Wildman–Crippen MR) is 114 cm³/mol. The lowest BCUT2D eigenvalue weighted by molar-refractivity contribution is 0.102. The van der Waals surface area contributed by atoms with Gasteiger partial charge in [-0.1, -0.05) is 22.9 Å². The number of nitrogens with zero attached hydrogens (tertiary/aromatic N) is 5. The number of rotatable bonds is 4. The van der Waals surface area contributed by atoms with Gasteiger partial charge in [0.25, 0.3) is 5.91 Å². The van der Waals surface area contributed by atoms with E-state index >= 15 is 0 Å². The van der Waals surface area contributed by atoms with Crippen LogP contribution in [0.4, 0.5) is 9.52 Å². The van der Waals surface area contributed by atoms with Crippen LogP contribution in [0.3, 0.4) is 0 Å². The molecule has 0 fully saturated rings. The second kappa shape index (κ2) is 7.92. The topological polar surface area (TPSA) is 85.6 Å². The second-order valence-corrected chi connectivity index (χ2v) is 7.87. The summed E-state index contributed by atoms with van der Waals surface area (Å²) in [4.78, 5) is 16.9. The maximum atomic E-state index is 13.4. The minimum absolute atomic E-state index is 0.00734. The van der Waals surface area contributed by atoms with Crippen LogP contribution in [0.5, 0.6) is 0 Å². The van der Waals surface area contributed by atoms with Gasteiger partial charge < -0.3 is 0 Å². The molecular formula is C20H16ClFN6OS. The maximum absolute atomic E-state index is 13.4. The van der Waals surface area contributed by atoms with Crippen molar-refractivity contribution in [3.05, 3.63) is 69.6 Å². The fourth-order valence-electron chi connectivity index (χ4n) is 2.82. The third kappa shape index (κ3) is 3.81. The second-order valence-electron chi connectivity index (χ2n) is 6.71. The number of aromatic nitrogens is 5. The quantitative estimate of drug-likeness (QED) is 0.492. The summed E-state index contributed by atoms with van der Waals surface area (Å²) in [6.07, 6.45) is 0. The molecule has 30 heavy (non-hydrogen) atoms. The smallest absolute Gasteiger partial charge is 0.257 e. The van der Waals surface area contributed by atoms with Gasteiger partial charge in [-0.2, -0.15) is 9.36 Å². The van der Waals surface area contributed by atoms with Crippen molar-refractivity contribution >= 4 is 34.2 Å². The highest BCUT2D eigenvalue weighted by atomic mass is 35.5. The van der Waals surface area contributed by atoms with Gasteiger partial charge in [-0.05, 0) is 62.2 Å². The van der Waals surface area contributed by atoms with Crippen LogP contribution in [0.25, 0.3) is 17.2 Å². The van der Waals surface area contributed by atoms with Gasteiger partial charge in [0.1, 0.15) is 5.82 Å². The van der Waals surface area contributed by atoms with Gasteiger partial charge in [0, 0.05) is 17.1 Å². The summed E-state index contributed by atoms with van der Waals surface area (Å²) < 4.78 is 19.2. The largest absolute Gasteiger partial charge is 0.297 e. The van der Waals surface area contributed by atoms with Crippen molar-refractivity contribution in [1.29, 1.82) is 0 Å². The molecule has 4 aromatic rings. The zero-order chi connectivity index (χ0) is 21.4. The minimum atomic E-state index is -0.510. The Kier molecular flexibility index (Phi) is 5.31. The fraction of sp³-hybridized carbons (Fsp3) is 0.150. The number of aryl methyl sites for hydroxylation is 2. The average molecular weight is 443 g/mol. The van der Waals surface area contributed by atoms with Gasteiger partial charge in [-0.15, -0.1) is 5.10 Å². The van der Waals surface area contributed by atoms with E-state index in [1.54, 1.807) is 19.1 Å². The number of amides is 1. The number of hydrogen-bond donors (Lipinski definition) is 1. The number of benzene rings is 2. The molecule has 0 aliphatic rings. The zero-order valence-electron chi connectivity index (χ0n) is 16.3. The average Bonchev–Trinajstić information content (AvgIpc) is 3.32. The molecule has 2 aromatic carbocycles. The Morgan fingerprint density at radius 1 is 1.13 bits per heavy atom. The van der Waals surface area contributed by atoms with Gasteiger partial charge in [-0.25, -0.2) is 9.07 Å². The standard InChI is InChI=1S/C20H16ClFN6OS/c1-10-4-5-13(8-11(10)2)19(29)24-20-23-18(26-30-20)17-12(3)28(27-25-17)14-6-7-16(22)15(21)9-14/h4-9H,1-3H3,(H,23,24,26,29). The molecule has 0 unspecified atom stereocenters. The molecule has 1 amide bonds. The molecule has 0 saturated heterocycles. The number of carbonyl (C=O) groups excluding carboxylic acids is 1. The number of carbonyl (C=O) groups is 1. The lowest BCUT2D eigenvalue weighted by atomic mass is 10.1. The lowest BCUT2D eigenvalue weighted by Gasteiger charge is -2.04. The molecule has 10 heteroatoms. The van der Waals surface area contributed by atoms with Crippen molar-refractivity contribution in [3.63, 3.8) is 0 Å².